The topological polar surface area (TPSA) is 38.0 Å². The number of aryl methyl sites for hydroxylation is 1. The highest BCUT2D eigenvalue weighted by molar-refractivity contribution is 5.62. The van der Waals surface area contributed by atoms with Gasteiger partial charge in [-0.15, -0.1) is 0 Å². The van der Waals surface area contributed by atoms with Gasteiger partial charge in [0.2, 0.25) is 0 Å². The van der Waals surface area contributed by atoms with E-state index in [0.717, 1.165) is 19.5 Å². The van der Waals surface area contributed by atoms with Gasteiger partial charge < -0.3 is 11.1 Å². The molecule has 82 valence electrons. The minimum absolute atomic E-state index is 0.642. The Kier molecular flexibility index (Phi) is 2.96. The Balaban J connectivity index is 2.25. The fourth-order valence-electron chi connectivity index (χ4n) is 2.53. The van der Waals surface area contributed by atoms with Gasteiger partial charge in [-0.3, -0.25) is 0 Å². The highest BCUT2D eigenvalue weighted by Crippen LogP contribution is 2.38. The summed E-state index contributed by atoms with van der Waals surface area (Å²) in [6, 6.07) is 6.57. The monoisotopic (exact) mass is 204 g/mol. The van der Waals surface area contributed by atoms with Gasteiger partial charge in [-0.25, -0.2) is 0 Å². The Morgan fingerprint density at radius 3 is 3.07 bits per heavy atom. The molecule has 2 unspecified atom stereocenters. The molecule has 0 aromatic heterocycles. The summed E-state index contributed by atoms with van der Waals surface area (Å²) in [7, 11) is 0. The van der Waals surface area contributed by atoms with E-state index in [0.29, 0.717) is 11.8 Å². The molecule has 0 fully saturated rings. The Labute approximate surface area is 91.9 Å². The SMILES string of the molecule is Cc1cccc2c1NCC2C(C)CCN. The maximum Gasteiger partial charge on any atom is 0.0406 e. The second kappa shape index (κ2) is 4.23. The zero-order chi connectivity index (χ0) is 10.8. The largest absolute Gasteiger partial charge is 0.384 e. The van der Waals surface area contributed by atoms with E-state index in [1.54, 1.807) is 0 Å². The van der Waals surface area contributed by atoms with Crippen LogP contribution in [0.1, 0.15) is 30.4 Å². The van der Waals surface area contributed by atoms with E-state index in [1.807, 2.05) is 0 Å². The third-order valence-corrected chi connectivity index (χ3v) is 3.51. The lowest BCUT2D eigenvalue weighted by Crippen LogP contribution is -2.15. The van der Waals surface area contributed by atoms with Crippen molar-refractivity contribution in [3.05, 3.63) is 29.3 Å². The number of nitrogens with one attached hydrogen (secondary N) is 1. The molecule has 0 aliphatic carbocycles. The Bertz CT molecular complexity index is 346. The van der Waals surface area contributed by atoms with E-state index < -0.39 is 0 Å². The summed E-state index contributed by atoms with van der Waals surface area (Å²) in [6.07, 6.45) is 1.11. The Hall–Kier alpha value is -1.02. The number of para-hydroxylation sites is 1. The third kappa shape index (κ3) is 1.86. The number of hydrogen-bond acceptors (Lipinski definition) is 2. The van der Waals surface area contributed by atoms with Crippen LogP contribution >= 0.6 is 0 Å². The summed E-state index contributed by atoms with van der Waals surface area (Å²) in [6.45, 7) is 6.33. The van der Waals surface area contributed by atoms with Gasteiger partial charge in [0.15, 0.2) is 0 Å². The molecule has 1 aliphatic heterocycles. The van der Waals surface area contributed by atoms with Crippen molar-refractivity contribution >= 4 is 5.69 Å². The number of benzene rings is 1. The van der Waals surface area contributed by atoms with Crippen LogP contribution in [0.4, 0.5) is 5.69 Å². The van der Waals surface area contributed by atoms with Gasteiger partial charge >= 0.3 is 0 Å². The van der Waals surface area contributed by atoms with Crippen LogP contribution in [0.3, 0.4) is 0 Å². The minimum atomic E-state index is 0.642. The molecule has 0 saturated heterocycles. The van der Waals surface area contributed by atoms with Crippen LogP contribution < -0.4 is 11.1 Å². The van der Waals surface area contributed by atoms with Crippen molar-refractivity contribution in [1.82, 2.24) is 0 Å². The van der Waals surface area contributed by atoms with E-state index in [9.17, 15) is 0 Å². The molecule has 1 aliphatic rings. The van der Waals surface area contributed by atoms with Crippen LogP contribution in [0.5, 0.6) is 0 Å². The van der Waals surface area contributed by atoms with Gasteiger partial charge in [-0.1, -0.05) is 25.1 Å². The number of hydrogen-bond donors (Lipinski definition) is 2. The van der Waals surface area contributed by atoms with Crippen molar-refractivity contribution in [2.75, 3.05) is 18.4 Å². The molecule has 2 heteroatoms. The lowest BCUT2D eigenvalue weighted by atomic mass is 9.86. The van der Waals surface area contributed by atoms with Gasteiger partial charge in [0.05, 0.1) is 0 Å². The molecule has 0 saturated carbocycles. The molecule has 1 aromatic rings. The molecule has 0 amide bonds. The number of anilines is 1. The summed E-state index contributed by atoms with van der Waals surface area (Å²) in [5, 5.41) is 3.52. The summed E-state index contributed by atoms with van der Waals surface area (Å²) in [5.74, 6) is 1.31. The van der Waals surface area contributed by atoms with Crippen molar-refractivity contribution in [3.8, 4) is 0 Å². The van der Waals surface area contributed by atoms with Gasteiger partial charge in [0.1, 0.15) is 0 Å². The minimum Gasteiger partial charge on any atom is -0.384 e. The zero-order valence-corrected chi connectivity index (χ0v) is 9.59. The third-order valence-electron chi connectivity index (χ3n) is 3.51. The van der Waals surface area contributed by atoms with Crippen molar-refractivity contribution in [2.45, 2.75) is 26.2 Å². The second-order valence-electron chi connectivity index (χ2n) is 4.58. The van der Waals surface area contributed by atoms with E-state index in [2.05, 4.69) is 37.4 Å². The van der Waals surface area contributed by atoms with Gasteiger partial charge in [-0.05, 0) is 36.9 Å². The molecule has 0 radical (unpaired) electrons. The lowest BCUT2D eigenvalue weighted by Gasteiger charge is -2.18. The summed E-state index contributed by atoms with van der Waals surface area (Å²) < 4.78 is 0. The average Bonchev–Trinajstić information content (AvgIpc) is 2.63. The number of fused-ring (bicyclic) bond motifs is 1. The summed E-state index contributed by atoms with van der Waals surface area (Å²) in [4.78, 5) is 0. The van der Waals surface area contributed by atoms with Crippen LogP contribution in [0.25, 0.3) is 0 Å². The van der Waals surface area contributed by atoms with E-state index in [-0.39, 0.29) is 0 Å². The maximum atomic E-state index is 5.63. The zero-order valence-electron chi connectivity index (χ0n) is 9.59. The van der Waals surface area contributed by atoms with Crippen LogP contribution in [0.2, 0.25) is 0 Å². The van der Waals surface area contributed by atoms with Crippen molar-refractivity contribution in [3.63, 3.8) is 0 Å². The molecule has 2 rings (SSSR count). The van der Waals surface area contributed by atoms with Crippen LogP contribution in [-0.2, 0) is 0 Å². The summed E-state index contributed by atoms with van der Waals surface area (Å²) >= 11 is 0. The highest BCUT2D eigenvalue weighted by Gasteiger charge is 2.27. The van der Waals surface area contributed by atoms with E-state index >= 15 is 0 Å². The molecule has 0 spiro atoms. The second-order valence-corrected chi connectivity index (χ2v) is 4.58. The Morgan fingerprint density at radius 2 is 2.33 bits per heavy atom. The standard InChI is InChI=1S/C13H20N2/c1-9(6-7-14)12-8-15-13-10(2)4-3-5-11(12)13/h3-5,9,12,15H,6-8,14H2,1-2H3. The number of nitrogens with two attached hydrogens (primary N) is 1. The predicted molar refractivity (Wildman–Crippen MR) is 65.2 cm³/mol. The fraction of sp³-hybridized carbons (Fsp3) is 0.538. The molecule has 2 atom stereocenters. The van der Waals surface area contributed by atoms with Crippen LogP contribution in [0, 0.1) is 12.8 Å². The normalized spacial score (nSPS) is 20.9. The highest BCUT2D eigenvalue weighted by atomic mass is 14.9. The van der Waals surface area contributed by atoms with Crippen molar-refractivity contribution < 1.29 is 0 Å². The van der Waals surface area contributed by atoms with E-state index in [1.165, 1.54) is 16.8 Å². The fourth-order valence-corrected chi connectivity index (χ4v) is 2.53. The molecule has 3 N–H and O–H groups in total. The van der Waals surface area contributed by atoms with Gasteiger partial charge in [0, 0.05) is 18.2 Å². The number of rotatable bonds is 3. The van der Waals surface area contributed by atoms with Gasteiger partial charge in [0.25, 0.3) is 0 Å². The maximum absolute atomic E-state index is 5.63. The average molecular weight is 204 g/mol. The van der Waals surface area contributed by atoms with E-state index in [4.69, 9.17) is 5.73 Å². The molecule has 15 heavy (non-hydrogen) atoms. The summed E-state index contributed by atoms with van der Waals surface area (Å²) in [5.41, 5.74) is 9.82. The molecule has 0 bridgehead atoms. The molecule has 1 heterocycles. The molecule has 2 nitrogen and oxygen atoms in total. The predicted octanol–water partition coefficient (Wildman–Crippen LogP) is 2.49. The first-order valence-corrected chi connectivity index (χ1v) is 5.77. The van der Waals surface area contributed by atoms with Crippen molar-refractivity contribution in [2.24, 2.45) is 11.7 Å². The van der Waals surface area contributed by atoms with Crippen molar-refractivity contribution in [1.29, 1.82) is 0 Å². The quantitative estimate of drug-likeness (QED) is 0.794. The first-order valence-electron chi connectivity index (χ1n) is 5.77. The van der Waals surface area contributed by atoms with Crippen LogP contribution in [0.15, 0.2) is 18.2 Å². The molecular formula is C13H20N2. The molecule has 1 aromatic carbocycles. The van der Waals surface area contributed by atoms with Crippen LogP contribution in [-0.4, -0.2) is 13.1 Å². The first kappa shape index (κ1) is 10.5. The molecular weight excluding hydrogens is 184 g/mol. The Morgan fingerprint density at radius 1 is 1.53 bits per heavy atom. The lowest BCUT2D eigenvalue weighted by molar-refractivity contribution is 0.458. The first-order chi connectivity index (χ1) is 7.24. The smallest absolute Gasteiger partial charge is 0.0406 e. The van der Waals surface area contributed by atoms with Gasteiger partial charge in [-0.2, -0.15) is 0 Å².